The van der Waals surface area contributed by atoms with Gasteiger partial charge in [-0.25, -0.2) is 0 Å². The topological polar surface area (TPSA) is 90.3 Å². The molecule has 28 heavy (non-hydrogen) atoms. The quantitative estimate of drug-likeness (QED) is 0.810. The molecule has 142 valence electrons. The first-order chi connectivity index (χ1) is 13.4. The first-order valence-electron chi connectivity index (χ1n) is 9.24. The Hall–Kier alpha value is -2.98. The van der Waals surface area contributed by atoms with Crippen LogP contribution in [0.3, 0.4) is 0 Å². The van der Waals surface area contributed by atoms with E-state index in [1.807, 2.05) is 0 Å². The monoisotopic (exact) mass is 393 g/mol. The summed E-state index contributed by atoms with van der Waals surface area (Å²) in [7, 11) is 0. The third kappa shape index (κ3) is 2.81. The van der Waals surface area contributed by atoms with Crippen LogP contribution < -0.4 is 5.32 Å². The summed E-state index contributed by atoms with van der Waals surface area (Å²) in [4.78, 5) is 40.2. The minimum absolute atomic E-state index is 0.311. The van der Waals surface area contributed by atoms with Gasteiger partial charge >= 0.3 is 0 Å². The van der Waals surface area contributed by atoms with E-state index in [1.165, 1.54) is 18.3 Å². The minimum atomic E-state index is -0.975. The molecule has 0 bridgehead atoms. The summed E-state index contributed by atoms with van der Waals surface area (Å²) in [6.07, 6.45) is 2.76. The lowest BCUT2D eigenvalue weighted by atomic mass is 9.88. The number of rotatable bonds is 3. The number of hydrogen-bond donors (Lipinski definition) is 1. The molecule has 0 unspecified atom stereocenters. The lowest BCUT2D eigenvalue weighted by Gasteiger charge is -2.21. The Labute approximate surface area is 166 Å². The maximum absolute atomic E-state index is 12.8. The van der Waals surface area contributed by atoms with Crippen LogP contribution in [0.15, 0.2) is 24.3 Å². The van der Waals surface area contributed by atoms with E-state index in [2.05, 4.69) is 18.3 Å². The third-order valence-electron chi connectivity index (χ3n) is 5.45. The summed E-state index contributed by atoms with van der Waals surface area (Å²) in [6.45, 7) is 3.70. The van der Waals surface area contributed by atoms with E-state index in [4.69, 9.17) is 0 Å². The van der Waals surface area contributed by atoms with E-state index in [1.54, 1.807) is 24.3 Å². The molecular weight excluding hydrogens is 374 g/mol. The molecule has 1 N–H and O–H groups in total. The molecule has 2 heterocycles. The molecule has 0 saturated carbocycles. The van der Waals surface area contributed by atoms with Crippen LogP contribution in [0.2, 0.25) is 0 Å². The molecule has 0 fully saturated rings. The zero-order chi connectivity index (χ0) is 20.0. The predicted molar refractivity (Wildman–Crippen MR) is 105 cm³/mol. The summed E-state index contributed by atoms with van der Waals surface area (Å²) in [5, 5.41) is 12.9. The van der Waals surface area contributed by atoms with Crippen LogP contribution in [0.5, 0.6) is 0 Å². The Morgan fingerprint density at radius 3 is 2.54 bits per heavy atom. The van der Waals surface area contributed by atoms with E-state index in [0.29, 0.717) is 27.6 Å². The minimum Gasteiger partial charge on any atom is -0.315 e. The normalized spacial score (nSPS) is 19.0. The van der Waals surface area contributed by atoms with Gasteiger partial charge in [0, 0.05) is 4.88 Å². The Morgan fingerprint density at radius 1 is 1.29 bits per heavy atom. The summed E-state index contributed by atoms with van der Waals surface area (Å²) in [6, 6.07) is 7.79. The number of nitrogens with zero attached hydrogens (tertiary/aromatic N) is 2. The van der Waals surface area contributed by atoms with Gasteiger partial charge in [0.25, 0.3) is 11.8 Å². The maximum Gasteiger partial charge on any atom is 0.262 e. The highest BCUT2D eigenvalue weighted by atomic mass is 32.1. The Kier molecular flexibility index (Phi) is 4.52. The number of carbonyl (C=O) groups is 3. The Morgan fingerprint density at radius 2 is 1.93 bits per heavy atom. The van der Waals surface area contributed by atoms with Crippen LogP contribution in [0.1, 0.15) is 57.0 Å². The molecular formula is C21H19N3O3S. The molecule has 0 spiro atoms. The van der Waals surface area contributed by atoms with Gasteiger partial charge in [-0.15, -0.1) is 11.3 Å². The zero-order valence-corrected chi connectivity index (χ0v) is 16.4. The average molecular weight is 393 g/mol. The second-order valence-electron chi connectivity index (χ2n) is 7.36. The number of fused-ring (bicyclic) bond motifs is 2. The second kappa shape index (κ2) is 6.88. The molecule has 7 heteroatoms. The lowest BCUT2D eigenvalue weighted by molar-refractivity contribution is -0.119. The standard InChI is InChI=1S/C21H19N3O3S/c1-11-7-8-13-16(10-22)19(28-17(13)9-11)23-18(25)12(2)24-20(26)14-5-3-4-6-15(14)21(24)27/h3-6,11-12H,7-9H2,1-2H3,(H,23,25)/t11-,12+/m1/s1. The fourth-order valence-electron chi connectivity index (χ4n) is 3.85. The van der Waals surface area contributed by atoms with Crippen molar-refractivity contribution in [2.24, 2.45) is 5.92 Å². The van der Waals surface area contributed by atoms with Crippen molar-refractivity contribution in [2.75, 3.05) is 5.32 Å². The summed E-state index contributed by atoms with van der Waals surface area (Å²) < 4.78 is 0. The first kappa shape index (κ1) is 18.4. The molecule has 4 rings (SSSR count). The van der Waals surface area contributed by atoms with Gasteiger partial charge in [-0.1, -0.05) is 19.1 Å². The van der Waals surface area contributed by atoms with Crippen molar-refractivity contribution in [1.29, 1.82) is 5.26 Å². The fraction of sp³-hybridized carbons (Fsp3) is 0.333. The van der Waals surface area contributed by atoms with Crippen LogP contribution in [0, 0.1) is 17.2 Å². The van der Waals surface area contributed by atoms with Crippen molar-refractivity contribution in [1.82, 2.24) is 4.90 Å². The number of hydrogen-bond acceptors (Lipinski definition) is 5. The number of amides is 3. The van der Waals surface area contributed by atoms with Gasteiger partial charge in [0.2, 0.25) is 5.91 Å². The number of benzene rings is 1. The van der Waals surface area contributed by atoms with Crippen LogP contribution in [0.4, 0.5) is 5.00 Å². The number of nitriles is 1. The van der Waals surface area contributed by atoms with E-state index in [-0.39, 0.29) is 0 Å². The van der Waals surface area contributed by atoms with Crippen molar-refractivity contribution >= 4 is 34.1 Å². The lowest BCUT2D eigenvalue weighted by Crippen LogP contribution is -2.45. The highest BCUT2D eigenvalue weighted by Crippen LogP contribution is 2.39. The van der Waals surface area contributed by atoms with Gasteiger partial charge in [-0.05, 0) is 49.8 Å². The van der Waals surface area contributed by atoms with Crippen LogP contribution in [0.25, 0.3) is 0 Å². The second-order valence-corrected chi connectivity index (χ2v) is 8.46. The SMILES string of the molecule is C[C@@H]1CCc2c(sc(NC(=O)[C@H](C)N3C(=O)c4ccccc4C3=O)c2C#N)C1. The van der Waals surface area contributed by atoms with Gasteiger partial charge < -0.3 is 5.32 Å². The highest BCUT2D eigenvalue weighted by Gasteiger charge is 2.41. The van der Waals surface area contributed by atoms with Gasteiger partial charge in [0.15, 0.2) is 0 Å². The van der Waals surface area contributed by atoms with E-state index in [9.17, 15) is 19.6 Å². The molecule has 2 aliphatic rings. The molecule has 3 amide bonds. The van der Waals surface area contributed by atoms with Crippen molar-refractivity contribution in [2.45, 2.75) is 39.2 Å². The van der Waals surface area contributed by atoms with E-state index < -0.39 is 23.8 Å². The molecule has 2 atom stereocenters. The largest absolute Gasteiger partial charge is 0.315 e. The molecule has 0 radical (unpaired) electrons. The Balaban J connectivity index is 1.58. The third-order valence-corrected chi connectivity index (χ3v) is 6.62. The van der Waals surface area contributed by atoms with Gasteiger partial charge in [-0.2, -0.15) is 5.26 Å². The van der Waals surface area contributed by atoms with Crippen molar-refractivity contribution in [3.05, 3.63) is 51.4 Å². The molecule has 1 aliphatic carbocycles. The molecule has 1 aromatic heterocycles. The van der Waals surface area contributed by atoms with Gasteiger partial charge in [-0.3, -0.25) is 19.3 Å². The fourth-order valence-corrected chi connectivity index (χ4v) is 5.21. The maximum atomic E-state index is 12.8. The molecule has 1 aliphatic heterocycles. The number of imide groups is 1. The molecule has 0 saturated heterocycles. The number of anilines is 1. The predicted octanol–water partition coefficient (Wildman–Crippen LogP) is 3.37. The van der Waals surface area contributed by atoms with Gasteiger partial charge in [0.05, 0.1) is 16.7 Å². The average Bonchev–Trinajstić information content (AvgIpc) is 3.15. The molecule has 2 aromatic rings. The Bertz CT molecular complexity index is 1010. The van der Waals surface area contributed by atoms with Crippen molar-refractivity contribution in [3.63, 3.8) is 0 Å². The van der Waals surface area contributed by atoms with Crippen LogP contribution in [-0.4, -0.2) is 28.7 Å². The number of thiophene rings is 1. The van der Waals surface area contributed by atoms with Crippen LogP contribution in [-0.2, 0) is 17.6 Å². The summed E-state index contributed by atoms with van der Waals surface area (Å²) >= 11 is 1.42. The first-order valence-corrected chi connectivity index (χ1v) is 10.1. The number of carbonyl (C=O) groups excluding carboxylic acids is 3. The summed E-state index contributed by atoms with van der Waals surface area (Å²) in [5.41, 5.74) is 2.15. The van der Waals surface area contributed by atoms with Crippen LogP contribution >= 0.6 is 11.3 Å². The smallest absolute Gasteiger partial charge is 0.262 e. The van der Waals surface area contributed by atoms with Crippen molar-refractivity contribution in [3.8, 4) is 6.07 Å². The summed E-state index contributed by atoms with van der Waals surface area (Å²) in [5.74, 6) is -0.859. The molecule has 6 nitrogen and oxygen atoms in total. The highest BCUT2D eigenvalue weighted by molar-refractivity contribution is 7.16. The molecule has 1 aromatic carbocycles. The van der Waals surface area contributed by atoms with E-state index >= 15 is 0 Å². The number of nitrogens with one attached hydrogen (secondary N) is 1. The van der Waals surface area contributed by atoms with E-state index in [0.717, 1.165) is 34.6 Å². The zero-order valence-electron chi connectivity index (χ0n) is 15.6. The van der Waals surface area contributed by atoms with Crippen molar-refractivity contribution < 1.29 is 14.4 Å². The van der Waals surface area contributed by atoms with Gasteiger partial charge in [0.1, 0.15) is 17.1 Å².